The Morgan fingerprint density at radius 3 is 2.77 bits per heavy atom. The van der Waals surface area contributed by atoms with Gasteiger partial charge < -0.3 is 16.2 Å². The largest absolute Gasteiger partial charge is 0.392 e. The Morgan fingerprint density at radius 2 is 2.31 bits per heavy atom. The van der Waals surface area contributed by atoms with Crippen LogP contribution in [0.25, 0.3) is 0 Å². The highest BCUT2D eigenvalue weighted by Gasteiger charge is 2.29. The highest BCUT2D eigenvalue weighted by Crippen LogP contribution is 2.32. The first kappa shape index (κ1) is 10.5. The summed E-state index contributed by atoms with van der Waals surface area (Å²) in [6, 6.07) is 0.00833. The van der Waals surface area contributed by atoms with Crippen molar-refractivity contribution >= 4 is 5.91 Å². The quantitative estimate of drug-likeness (QED) is 0.547. The number of rotatable bonds is 5. The topological polar surface area (TPSA) is 75.3 Å². The van der Waals surface area contributed by atoms with Crippen LogP contribution in [-0.4, -0.2) is 29.7 Å². The Balaban J connectivity index is 2.09. The van der Waals surface area contributed by atoms with Gasteiger partial charge in [0.1, 0.15) is 0 Å². The van der Waals surface area contributed by atoms with Gasteiger partial charge in [-0.15, -0.1) is 0 Å². The van der Waals surface area contributed by atoms with Crippen LogP contribution in [0.15, 0.2) is 0 Å². The number of amides is 1. The maximum Gasteiger partial charge on any atom is 0.221 e. The van der Waals surface area contributed by atoms with Crippen molar-refractivity contribution in [2.75, 3.05) is 6.54 Å². The van der Waals surface area contributed by atoms with Crippen molar-refractivity contribution in [2.24, 2.45) is 11.7 Å². The summed E-state index contributed by atoms with van der Waals surface area (Å²) < 4.78 is 0. The third kappa shape index (κ3) is 4.24. The molecule has 13 heavy (non-hydrogen) atoms. The molecule has 0 heterocycles. The molecule has 0 bridgehead atoms. The third-order valence-corrected chi connectivity index (χ3v) is 2.24. The molecule has 0 aliphatic heterocycles. The number of hydrogen-bond donors (Lipinski definition) is 3. The molecule has 0 aromatic rings. The molecule has 1 aliphatic carbocycles. The van der Waals surface area contributed by atoms with E-state index in [1.807, 2.05) is 0 Å². The van der Waals surface area contributed by atoms with Gasteiger partial charge >= 0.3 is 0 Å². The van der Waals surface area contributed by atoms with Crippen LogP contribution in [0.5, 0.6) is 0 Å². The molecular formula is C9H18N2O2. The van der Waals surface area contributed by atoms with Crippen LogP contribution >= 0.6 is 0 Å². The zero-order chi connectivity index (χ0) is 9.84. The van der Waals surface area contributed by atoms with Crippen LogP contribution < -0.4 is 11.1 Å². The summed E-state index contributed by atoms with van der Waals surface area (Å²) in [6.45, 7) is 1.96. The molecule has 0 saturated heterocycles. The molecule has 0 radical (unpaired) electrons. The Kier molecular flexibility index (Phi) is 3.69. The molecular weight excluding hydrogens is 168 g/mol. The normalized spacial score (nSPS) is 20.8. The summed E-state index contributed by atoms with van der Waals surface area (Å²) in [6.07, 6.45) is 2.22. The van der Waals surface area contributed by atoms with Crippen molar-refractivity contribution < 1.29 is 9.90 Å². The molecule has 4 heteroatoms. The number of hydrogen-bond acceptors (Lipinski definition) is 3. The predicted octanol–water partition coefficient (Wildman–Crippen LogP) is -0.389. The average Bonchev–Trinajstić information content (AvgIpc) is 2.82. The Morgan fingerprint density at radius 1 is 1.69 bits per heavy atom. The van der Waals surface area contributed by atoms with E-state index in [1.54, 1.807) is 6.92 Å². The Hall–Kier alpha value is -0.610. The molecule has 0 spiro atoms. The van der Waals surface area contributed by atoms with Gasteiger partial charge in [-0.2, -0.15) is 0 Å². The van der Waals surface area contributed by atoms with E-state index in [0.717, 1.165) is 12.8 Å². The lowest BCUT2D eigenvalue weighted by atomic mass is 10.1. The van der Waals surface area contributed by atoms with Crippen LogP contribution in [0.2, 0.25) is 0 Å². The first-order valence-electron chi connectivity index (χ1n) is 4.80. The highest BCUT2D eigenvalue weighted by molar-refractivity contribution is 5.76. The van der Waals surface area contributed by atoms with Gasteiger partial charge in [-0.3, -0.25) is 4.79 Å². The monoisotopic (exact) mass is 186 g/mol. The maximum absolute atomic E-state index is 11.2. The van der Waals surface area contributed by atoms with Crippen LogP contribution in [-0.2, 0) is 4.79 Å². The number of carbonyl (C=O) groups excluding carboxylic acids is 1. The number of aliphatic hydroxyl groups is 1. The fourth-order valence-corrected chi connectivity index (χ4v) is 1.24. The zero-order valence-corrected chi connectivity index (χ0v) is 7.99. The molecule has 0 aromatic carbocycles. The zero-order valence-electron chi connectivity index (χ0n) is 7.99. The Labute approximate surface area is 78.5 Å². The molecule has 0 aromatic heterocycles. The summed E-state index contributed by atoms with van der Waals surface area (Å²) in [7, 11) is 0. The van der Waals surface area contributed by atoms with Gasteiger partial charge in [-0.1, -0.05) is 0 Å². The first-order valence-corrected chi connectivity index (χ1v) is 4.80. The van der Waals surface area contributed by atoms with Crippen molar-refractivity contribution in [2.45, 2.75) is 38.3 Å². The fraction of sp³-hybridized carbons (Fsp3) is 0.889. The van der Waals surface area contributed by atoms with E-state index in [2.05, 4.69) is 5.32 Å². The van der Waals surface area contributed by atoms with Crippen LogP contribution in [0.3, 0.4) is 0 Å². The van der Waals surface area contributed by atoms with Gasteiger partial charge in [0.05, 0.1) is 6.10 Å². The first-order chi connectivity index (χ1) is 6.09. The van der Waals surface area contributed by atoms with Crippen molar-refractivity contribution in [1.29, 1.82) is 0 Å². The summed E-state index contributed by atoms with van der Waals surface area (Å²) in [5.74, 6) is 0.498. The SMILES string of the molecule is C[C@H](O)CNC(=O)CC(N)C1CC1. The second-order valence-electron chi connectivity index (χ2n) is 3.86. The number of nitrogens with one attached hydrogen (secondary N) is 1. The summed E-state index contributed by atoms with van der Waals surface area (Å²) >= 11 is 0. The van der Waals surface area contributed by atoms with E-state index in [-0.39, 0.29) is 11.9 Å². The van der Waals surface area contributed by atoms with E-state index in [4.69, 9.17) is 10.8 Å². The van der Waals surface area contributed by atoms with Gasteiger partial charge in [0.25, 0.3) is 0 Å². The molecule has 1 saturated carbocycles. The van der Waals surface area contributed by atoms with Crippen molar-refractivity contribution in [3.05, 3.63) is 0 Å². The molecule has 1 aliphatic rings. The van der Waals surface area contributed by atoms with E-state index in [0.29, 0.717) is 18.9 Å². The smallest absolute Gasteiger partial charge is 0.221 e. The molecule has 1 unspecified atom stereocenters. The van der Waals surface area contributed by atoms with Crippen molar-refractivity contribution in [3.8, 4) is 0 Å². The maximum atomic E-state index is 11.2. The van der Waals surface area contributed by atoms with Crippen molar-refractivity contribution in [1.82, 2.24) is 5.32 Å². The van der Waals surface area contributed by atoms with Crippen molar-refractivity contribution in [3.63, 3.8) is 0 Å². The van der Waals surface area contributed by atoms with Gasteiger partial charge in [0.2, 0.25) is 5.91 Å². The lowest BCUT2D eigenvalue weighted by Crippen LogP contribution is -2.36. The number of carbonyl (C=O) groups is 1. The second kappa shape index (κ2) is 4.58. The number of aliphatic hydroxyl groups excluding tert-OH is 1. The van der Waals surface area contributed by atoms with E-state index < -0.39 is 6.10 Å². The minimum Gasteiger partial charge on any atom is -0.392 e. The summed E-state index contributed by atoms with van der Waals surface area (Å²) in [4.78, 5) is 11.2. The second-order valence-corrected chi connectivity index (χ2v) is 3.86. The highest BCUT2D eigenvalue weighted by atomic mass is 16.3. The average molecular weight is 186 g/mol. The standard InChI is InChI=1S/C9H18N2O2/c1-6(12)5-11-9(13)4-8(10)7-2-3-7/h6-8,12H,2-5,10H2,1H3,(H,11,13)/t6-,8?/m0/s1. The van der Waals surface area contributed by atoms with Gasteiger partial charge in [0.15, 0.2) is 0 Å². The van der Waals surface area contributed by atoms with E-state index in [9.17, 15) is 4.79 Å². The number of nitrogens with two attached hydrogens (primary N) is 1. The lowest BCUT2D eigenvalue weighted by Gasteiger charge is -2.11. The Bertz CT molecular complexity index is 178. The summed E-state index contributed by atoms with van der Waals surface area (Å²) in [5, 5.41) is 11.5. The molecule has 76 valence electrons. The minimum atomic E-state index is -0.485. The predicted molar refractivity (Wildman–Crippen MR) is 50.0 cm³/mol. The van der Waals surface area contributed by atoms with Crippen LogP contribution in [0, 0.1) is 5.92 Å². The summed E-state index contributed by atoms with van der Waals surface area (Å²) in [5.41, 5.74) is 5.76. The van der Waals surface area contributed by atoms with E-state index >= 15 is 0 Å². The molecule has 4 nitrogen and oxygen atoms in total. The fourth-order valence-electron chi connectivity index (χ4n) is 1.24. The lowest BCUT2D eigenvalue weighted by molar-refractivity contribution is -0.121. The molecule has 1 amide bonds. The van der Waals surface area contributed by atoms with E-state index in [1.165, 1.54) is 0 Å². The minimum absolute atomic E-state index is 0.00833. The van der Waals surface area contributed by atoms with Crippen LogP contribution in [0.4, 0.5) is 0 Å². The van der Waals surface area contributed by atoms with Gasteiger partial charge in [-0.05, 0) is 25.7 Å². The molecule has 4 N–H and O–H groups in total. The molecule has 1 fully saturated rings. The molecule has 2 atom stereocenters. The third-order valence-electron chi connectivity index (χ3n) is 2.24. The van der Waals surface area contributed by atoms with Gasteiger partial charge in [-0.25, -0.2) is 0 Å². The van der Waals surface area contributed by atoms with Gasteiger partial charge in [0, 0.05) is 19.0 Å². The molecule has 1 rings (SSSR count). The van der Waals surface area contributed by atoms with Crippen LogP contribution in [0.1, 0.15) is 26.2 Å².